The molecule has 0 heterocycles. The molecule has 0 aromatic heterocycles. The van der Waals surface area contributed by atoms with Crippen LogP contribution in [0, 0.1) is 80.0 Å². The first-order valence-corrected chi connectivity index (χ1v) is 41.9. The molecule has 8 bridgehead atoms. The van der Waals surface area contributed by atoms with E-state index in [1.54, 1.807) is 93.6 Å². The molecule has 0 saturated heterocycles. The average molecular weight is 1590 g/mol. The maximum Gasteiger partial charge on any atom is 0.343 e. The lowest BCUT2D eigenvalue weighted by molar-refractivity contribution is -0.167. The summed E-state index contributed by atoms with van der Waals surface area (Å²) in [5.74, 6) is -6.14. The van der Waals surface area contributed by atoms with Gasteiger partial charge in [0.1, 0.15) is 77.5 Å². The third kappa shape index (κ3) is 24.1. The molecule has 5 aromatic carbocycles. The normalized spacial score (nSPS) is 22.3. The van der Waals surface area contributed by atoms with Gasteiger partial charge >= 0.3 is 47.8 Å². The van der Waals surface area contributed by atoms with Crippen LogP contribution in [0.1, 0.15) is 177 Å². The van der Waals surface area contributed by atoms with Crippen LogP contribution in [0.4, 0.5) is 0 Å². The summed E-state index contributed by atoms with van der Waals surface area (Å²) in [5.41, 5.74) is 2.28. The highest BCUT2D eigenvalue weighted by molar-refractivity contribution is 7.86. The first-order chi connectivity index (χ1) is 51.2. The maximum absolute atomic E-state index is 13.2. The standard InChI is InChI=1S/C21H24O8S.C21H26O7S.C17H22O7S.C17H16O7S/c1-12-2-3-16(19(23)28-4-5-30(25,26)27)17(6-12)29-20(24)21-9-13-7-14(10-21)18(22)15(8-13)11-21;1-13-2-3-17(19(22)27-4-5-29(24,25)26)18(6-13)28-20(23)21-10-14-7-15(11-21)9-16(8-14)12-21;2*1-12-7-8-14(17(19)23-9-10-25(20,21)22)15(11-12)24-16(18)13-5-3-2-4-6-13/h2-3,6,13-15H,4-5,7-11H2,1H3,(H,25,26,27);2-3,6,14-16H,4-5,7-12H2,1H3,(H,24,25,26);7-8,11,13H,2-6,9-10H2,1H3,(H,20,21,22);2-8,11H,9-10H2,1H3,(H,20,21,22)/p-4. The average Bonchev–Trinajstić information content (AvgIpc) is 0.737. The molecule has 2 atom stereocenters. The lowest BCUT2D eigenvalue weighted by Crippen LogP contribution is -2.55. The second-order valence-corrected chi connectivity index (χ2v) is 35.2. The highest BCUT2D eigenvalue weighted by Crippen LogP contribution is 2.61. The first kappa shape index (κ1) is 84.2. The number of rotatable bonds is 24. The van der Waals surface area contributed by atoms with Crippen molar-refractivity contribution in [3.63, 3.8) is 0 Å². The van der Waals surface area contributed by atoms with E-state index in [0.29, 0.717) is 48.5 Å². The molecule has 2 unspecified atom stereocenters. The summed E-state index contributed by atoms with van der Waals surface area (Å²) in [6.07, 6.45) is 14.1. The molecule has 0 aliphatic heterocycles. The lowest BCUT2D eigenvalue weighted by atomic mass is 9.49. The Morgan fingerprint density at radius 3 is 1.01 bits per heavy atom. The number of hydrogen-bond acceptors (Lipinski definition) is 29. The molecule has 0 N–H and O–H groups in total. The second kappa shape index (κ2) is 35.9. The monoisotopic (exact) mass is 1590 g/mol. The van der Waals surface area contributed by atoms with Gasteiger partial charge in [0, 0.05) is 11.8 Å². The van der Waals surface area contributed by atoms with Crippen LogP contribution in [-0.4, -0.2) is 155 Å². The Kier molecular flexibility index (Phi) is 27.7. The minimum absolute atomic E-state index is 0.0103. The number of hydrogen-bond donors (Lipinski definition) is 0. The Bertz CT molecular complexity index is 4680. The van der Waals surface area contributed by atoms with Gasteiger partial charge in [-0.1, -0.05) is 61.7 Å². The first-order valence-electron chi connectivity index (χ1n) is 35.5. The van der Waals surface area contributed by atoms with Crippen molar-refractivity contribution < 1.29 is 133 Å². The summed E-state index contributed by atoms with van der Waals surface area (Å²) in [5, 5.41) is 0. The second-order valence-electron chi connectivity index (χ2n) is 29.1. The molecule has 14 rings (SSSR count). The lowest BCUT2D eigenvalue weighted by Gasteiger charge is -2.55. The number of esters is 8. The zero-order valence-electron chi connectivity index (χ0n) is 60.3. The molecule has 5 aromatic rings. The Balaban J connectivity index is 0.000000168. The molecule has 9 fully saturated rings. The molecular formula is C76H84O29S4-4. The summed E-state index contributed by atoms with van der Waals surface area (Å²) < 4.78 is 169. The van der Waals surface area contributed by atoms with Crippen LogP contribution in [-0.2, 0) is 78.6 Å². The van der Waals surface area contributed by atoms with E-state index >= 15 is 0 Å². The van der Waals surface area contributed by atoms with Crippen molar-refractivity contribution in [2.75, 3.05) is 49.4 Å². The van der Waals surface area contributed by atoms with Gasteiger partial charge in [-0.3, -0.25) is 19.2 Å². The van der Waals surface area contributed by atoms with Gasteiger partial charge in [0.2, 0.25) is 0 Å². The zero-order chi connectivity index (χ0) is 79.4. The van der Waals surface area contributed by atoms with E-state index < -0.39 is 137 Å². The molecule has 109 heavy (non-hydrogen) atoms. The minimum atomic E-state index is -4.51. The fraction of sp³-hybridized carbons (Fsp3) is 0.487. The molecule has 590 valence electrons. The van der Waals surface area contributed by atoms with Crippen LogP contribution in [0.2, 0.25) is 0 Å². The van der Waals surface area contributed by atoms with Gasteiger partial charge in [-0.25, -0.2) is 57.6 Å². The Morgan fingerprint density at radius 1 is 0.376 bits per heavy atom. The number of ketones is 1. The predicted octanol–water partition coefficient (Wildman–Crippen LogP) is 8.92. The van der Waals surface area contributed by atoms with E-state index in [0.717, 1.165) is 86.5 Å². The smallest absolute Gasteiger partial charge is 0.343 e. The van der Waals surface area contributed by atoms with Crippen molar-refractivity contribution in [1.29, 1.82) is 0 Å². The van der Waals surface area contributed by atoms with Crippen LogP contribution in [0.5, 0.6) is 23.0 Å². The summed E-state index contributed by atoms with van der Waals surface area (Å²) in [7, 11) is -17.9. The summed E-state index contributed by atoms with van der Waals surface area (Å²) in [6.45, 7) is 4.89. The highest BCUT2D eigenvalue weighted by atomic mass is 32.2. The topological polar surface area (TPSA) is 456 Å². The van der Waals surface area contributed by atoms with Crippen molar-refractivity contribution in [2.24, 2.45) is 52.3 Å². The molecule has 33 heteroatoms. The van der Waals surface area contributed by atoms with Crippen LogP contribution in [0.3, 0.4) is 0 Å². The fourth-order valence-corrected chi connectivity index (χ4v) is 17.0. The van der Waals surface area contributed by atoms with E-state index in [4.69, 9.17) is 37.9 Å². The number of Topliss-reactive ketones (excluding diaryl/α,β-unsaturated/α-hetero) is 1. The number of carbonyl (C=O) groups is 9. The van der Waals surface area contributed by atoms with Crippen LogP contribution in [0.15, 0.2) is 103 Å². The molecule has 0 spiro atoms. The van der Waals surface area contributed by atoms with E-state index in [1.165, 1.54) is 49.6 Å². The summed E-state index contributed by atoms with van der Waals surface area (Å²) >= 11 is 0. The SMILES string of the molecule is Cc1ccc(C(=O)OCCS(=O)(=O)[O-])c(OC(=O)C23CC4CC(C2)C(=O)C(C4)C3)c1.Cc1ccc(C(=O)OCCS(=O)(=O)[O-])c(OC(=O)C23CC4CC(CC(C4)C2)C3)c1.Cc1ccc(C(=O)OCCS(=O)(=O)[O-])c(OC(=O)C2CCCCC2)c1.Cc1ccc(C(=O)OCCS(=O)(=O)[O-])c(OC(=O)c2ccccc2)c1. The van der Waals surface area contributed by atoms with E-state index in [1.807, 2.05) is 6.92 Å². The van der Waals surface area contributed by atoms with Crippen LogP contribution in [0.25, 0.3) is 0 Å². The Labute approximate surface area is 631 Å². The largest absolute Gasteiger partial charge is 0.748 e. The van der Waals surface area contributed by atoms with Crippen molar-refractivity contribution in [1.82, 2.24) is 0 Å². The van der Waals surface area contributed by atoms with Gasteiger partial charge in [-0.05, 0) is 218 Å². The third-order valence-electron chi connectivity index (χ3n) is 20.4. The quantitative estimate of drug-likeness (QED) is 0.0241. The highest BCUT2D eigenvalue weighted by Gasteiger charge is 2.60. The van der Waals surface area contributed by atoms with Crippen molar-refractivity contribution >= 4 is 94.0 Å². The van der Waals surface area contributed by atoms with Crippen LogP contribution < -0.4 is 18.9 Å². The van der Waals surface area contributed by atoms with Gasteiger partial charge in [0.05, 0.1) is 85.8 Å². The maximum atomic E-state index is 13.2. The number of ether oxygens (including phenoxy) is 8. The Morgan fingerprint density at radius 2 is 0.679 bits per heavy atom. The third-order valence-corrected chi connectivity index (χ3v) is 23.0. The Hall–Kier alpha value is -8.83. The van der Waals surface area contributed by atoms with Gasteiger partial charge < -0.3 is 56.1 Å². The van der Waals surface area contributed by atoms with Crippen LogP contribution >= 0.6 is 0 Å². The van der Waals surface area contributed by atoms with Gasteiger partial charge in [-0.2, -0.15) is 0 Å². The zero-order valence-corrected chi connectivity index (χ0v) is 63.6. The van der Waals surface area contributed by atoms with Gasteiger partial charge in [0.25, 0.3) is 0 Å². The molecule has 9 saturated carbocycles. The molecular weight excluding hydrogens is 1510 g/mol. The molecule has 29 nitrogen and oxygen atoms in total. The van der Waals surface area contributed by atoms with Crippen molar-refractivity contribution in [3.05, 3.63) is 153 Å². The van der Waals surface area contributed by atoms with E-state index in [-0.39, 0.29) is 80.7 Å². The minimum Gasteiger partial charge on any atom is -0.748 e. The summed E-state index contributed by atoms with van der Waals surface area (Å²) in [4.78, 5) is 112. The molecule has 9 aliphatic rings. The van der Waals surface area contributed by atoms with Gasteiger partial charge in [-0.15, -0.1) is 0 Å². The number of benzene rings is 5. The van der Waals surface area contributed by atoms with Crippen molar-refractivity contribution in [3.8, 4) is 23.0 Å². The molecule has 0 amide bonds. The van der Waals surface area contributed by atoms with Gasteiger partial charge in [0.15, 0.2) is 0 Å². The van der Waals surface area contributed by atoms with E-state index in [2.05, 4.69) is 0 Å². The van der Waals surface area contributed by atoms with Crippen molar-refractivity contribution in [2.45, 2.75) is 130 Å². The molecule has 0 radical (unpaired) electrons. The predicted molar refractivity (Wildman–Crippen MR) is 381 cm³/mol. The van der Waals surface area contributed by atoms with E-state index in [9.17, 15) is 95.0 Å². The molecule has 9 aliphatic carbocycles. The fourth-order valence-electron chi connectivity index (χ4n) is 15.8. The number of carbonyl (C=O) groups excluding carboxylic acids is 9. The summed E-state index contributed by atoms with van der Waals surface area (Å²) in [6, 6.07) is 26.8. The number of aryl methyl sites for hydroxylation is 4.